The second-order valence-corrected chi connectivity index (χ2v) is 9.62. The molecular weight excluding hydrogens is 450 g/mol. The minimum atomic E-state index is -0.0830. The van der Waals surface area contributed by atoms with Crippen molar-refractivity contribution in [3.63, 3.8) is 0 Å². The van der Waals surface area contributed by atoms with Gasteiger partial charge in [-0.1, -0.05) is 41.9 Å². The molecule has 0 unspecified atom stereocenters. The molecule has 2 aliphatic heterocycles. The number of anilines is 1. The van der Waals surface area contributed by atoms with Crippen LogP contribution in [0, 0.1) is 5.92 Å². The Morgan fingerprint density at radius 3 is 2.62 bits per heavy atom. The highest BCUT2D eigenvalue weighted by Crippen LogP contribution is 2.34. The number of carbonyl (C=O) groups excluding carboxylic acids is 2. The van der Waals surface area contributed by atoms with Crippen LogP contribution in [0.5, 0.6) is 5.75 Å². The predicted molar refractivity (Wildman–Crippen MR) is 135 cm³/mol. The van der Waals surface area contributed by atoms with E-state index in [9.17, 15) is 9.59 Å². The van der Waals surface area contributed by atoms with Crippen LogP contribution >= 0.6 is 11.6 Å². The standard InChI is InChI=1S/C27H34ClN3O3/c28-23-7-8-25-24(20-23)31(17-18-34-25)27(33)10-9-26(32)29-13-4-14-30-15-11-22(12-16-30)19-21-5-2-1-3-6-21/h1-3,5-8,20,22H,4,9-19H2,(H,29,32). The molecule has 34 heavy (non-hydrogen) atoms. The molecule has 0 spiro atoms. The lowest BCUT2D eigenvalue weighted by atomic mass is 9.90. The molecule has 2 aromatic rings. The van der Waals surface area contributed by atoms with Crippen LogP contribution in [-0.4, -0.2) is 56.0 Å². The Morgan fingerprint density at radius 1 is 1.03 bits per heavy atom. The van der Waals surface area contributed by atoms with E-state index in [1.54, 1.807) is 23.1 Å². The molecule has 0 aromatic heterocycles. The molecule has 0 radical (unpaired) electrons. The van der Waals surface area contributed by atoms with Crippen molar-refractivity contribution >= 4 is 29.1 Å². The van der Waals surface area contributed by atoms with Crippen LogP contribution in [-0.2, 0) is 16.0 Å². The Morgan fingerprint density at radius 2 is 1.82 bits per heavy atom. The zero-order valence-corrected chi connectivity index (χ0v) is 20.4. The Kier molecular flexibility index (Phi) is 8.83. The summed E-state index contributed by atoms with van der Waals surface area (Å²) in [5.74, 6) is 1.26. The van der Waals surface area contributed by atoms with Gasteiger partial charge in [-0.3, -0.25) is 9.59 Å². The highest BCUT2D eigenvalue weighted by Gasteiger charge is 2.24. The van der Waals surface area contributed by atoms with E-state index < -0.39 is 0 Å². The summed E-state index contributed by atoms with van der Waals surface area (Å²) in [6.07, 6.45) is 4.94. The zero-order chi connectivity index (χ0) is 23.8. The number of rotatable bonds is 9. The number of carbonyl (C=O) groups is 2. The fourth-order valence-electron chi connectivity index (χ4n) is 4.79. The van der Waals surface area contributed by atoms with Gasteiger partial charge in [0.25, 0.3) is 0 Å². The van der Waals surface area contributed by atoms with Crippen molar-refractivity contribution in [1.82, 2.24) is 10.2 Å². The second-order valence-electron chi connectivity index (χ2n) is 9.18. The van der Waals surface area contributed by atoms with Gasteiger partial charge in [-0.05, 0) is 75.0 Å². The first-order chi connectivity index (χ1) is 16.6. The Hall–Kier alpha value is -2.57. The zero-order valence-electron chi connectivity index (χ0n) is 19.7. The first-order valence-electron chi connectivity index (χ1n) is 12.3. The molecule has 2 aliphatic rings. The molecule has 0 atom stereocenters. The maximum Gasteiger partial charge on any atom is 0.227 e. The summed E-state index contributed by atoms with van der Waals surface area (Å²) < 4.78 is 5.60. The van der Waals surface area contributed by atoms with Crippen LogP contribution in [0.15, 0.2) is 48.5 Å². The molecule has 2 amide bonds. The van der Waals surface area contributed by atoms with Crippen molar-refractivity contribution in [3.8, 4) is 5.75 Å². The third-order valence-electron chi connectivity index (χ3n) is 6.70. The van der Waals surface area contributed by atoms with Gasteiger partial charge in [-0.25, -0.2) is 0 Å². The van der Waals surface area contributed by atoms with Gasteiger partial charge in [-0.15, -0.1) is 0 Å². The lowest BCUT2D eigenvalue weighted by Crippen LogP contribution is -2.39. The van der Waals surface area contributed by atoms with Gasteiger partial charge in [0.1, 0.15) is 12.4 Å². The summed E-state index contributed by atoms with van der Waals surface area (Å²) >= 11 is 6.08. The van der Waals surface area contributed by atoms with Gasteiger partial charge in [-0.2, -0.15) is 0 Å². The maximum absolute atomic E-state index is 12.7. The van der Waals surface area contributed by atoms with Crippen LogP contribution in [0.25, 0.3) is 0 Å². The number of hydrogen-bond donors (Lipinski definition) is 1. The molecule has 0 bridgehead atoms. The quantitative estimate of drug-likeness (QED) is 0.540. The number of fused-ring (bicyclic) bond motifs is 1. The second kappa shape index (κ2) is 12.2. The summed E-state index contributed by atoms with van der Waals surface area (Å²) in [6.45, 7) is 4.82. The van der Waals surface area contributed by atoms with Gasteiger partial charge in [0.05, 0.1) is 12.2 Å². The number of nitrogens with zero attached hydrogens (tertiary/aromatic N) is 2. The molecule has 0 saturated carbocycles. The van der Waals surface area contributed by atoms with Crippen molar-refractivity contribution in [2.45, 2.75) is 38.5 Å². The number of likely N-dealkylation sites (tertiary alicyclic amines) is 1. The number of piperidine rings is 1. The highest BCUT2D eigenvalue weighted by molar-refractivity contribution is 6.31. The largest absolute Gasteiger partial charge is 0.490 e. The van der Waals surface area contributed by atoms with Gasteiger partial charge in [0.2, 0.25) is 11.8 Å². The van der Waals surface area contributed by atoms with Crippen molar-refractivity contribution in [2.24, 2.45) is 5.92 Å². The van der Waals surface area contributed by atoms with Gasteiger partial charge < -0.3 is 19.9 Å². The molecular formula is C27H34ClN3O3. The van der Waals surface area contributed by atoms with E-state index in [1.807, 2.05) is 0 Å². The summed E-state index contributed by atoms with van der Waals surface area (Å²) in [6, 6.07) is 16.0. The third kappa shape index (κ3) is 6.97. The van der Waals surface area contributed by atoms with Crippen LogP contribution in [0.3, 0.4) is 0 Å². The molecule has 1 saturated heterocycles. The lowest BCUT2D eigenvalue weighted by molar-refractivity contribution is -0.125. The van der Waals surface area contributed by atoms with E-state index in [1.165, 1.54) is 24.8 Å². The van der Waals surface area contributed by atoms with Crippen LogP contribution in [0.2, 0.25) is 5.02 Å². The van der Waals surface area contributed by atoms with E-state index in [0.717, 1.165) is 32.0 Å². The Bertz CT molecular complexity index is 961. The molecule has 1 N–H and O–H groups in total. The molecule has 2 heterocycles. The molecule has 2 aromatic carbocycles. The first kappa shape index (κ1) is 24.6. The van der Waals surface area contributed by atoms with E-state index in [0.29, 0.717) is 36.2 Å². The third-order valence-corrected chi connectivity index (χ3v) is 6.93. The predicted octanol–water partition coefficient (Wildman–Crippen LogP) is 4.31. The van der Waals surface area contributed by atoms with Crippen LogP contribution in [0.1, 0.15) is 37.7 Å². The van der Waals surface area contributed by atoms with Crippen molar-refractivity contribution in [1.29, 1.82) is 0 Å². The van der Waals surface area contributed by atoms with E-state index in [4.69, 9.17) is 16.3 Å². The van der Waals surface area contributed by atoms with E-state index in [-0.39, 0.29) is 24.7 Å². The van der Waals surface area contributed by atoms with Crippen molar-refractivity contribution in [2.75, 3.05) is 44.2 Å². The fourth-order valence-corrected chi connectivity index (χ4v) is 4.95. The van der Waals surface area contributed by atoms with Crippen LogP contribution < -0.4 is 15.0 Å². The summed E-state index contributed by atoms with van der Waals surface area (Å²) in [5, 5.41) is 3.52. The molecule has 1 fully saturated rings. The lowest BCUT2D eigenvalue weighted by Gasteiger charge is -2.32. The number of nitrogens with one attached hydrogen (secondary N) is 1. The minimum absolute atomic E-state index is 0.0745. The highest BCUT2D eigenvalue weighted by atomic mass is 35.5. The minimum Gasteiger partial charge on any atom is -0.490 e. The maximum atomic E-state index is 12.7. The SMILES string of the molecule is O=C(CCC(=O)N1CCOc2ccc(Cl)cc21)NCCCN1CCC(Cc2ccccc2)CC1. The van der Waals surface area contributed by atoms with Gasteiger partial charge in [0, 0.05) is 24.4 Å². The van der Waals surface area contributed by atoms with Crippen LogP contribution in [0.4, 0.5) is 5.69 Å². The fraction of sp³-hybridized carbons (Fsp3) is 0.481. The summed E-state index contributed by atoms with van der Waals surface area (Å²) in [5.41, 5.74) is 2.11. The Balaban J connectivity index is 1.09. The molecule has 4 rings (SSSR count). The van der Waals surface area contributed by atoms with E-state index >= 15 is 0 Å². The molecule has 182 valence electrons. The van der Waals surface area contributed by atoms with Crippen molar-refractivity contribution < 1.29 is 14.3 Å². The monoisotopic (exact) mass is 483 g/mol. The summed E-state index contributed by atoms with van der Waals surface area (Å²) in [4.78, 5) is 29.1. The number of ether oxygens (including phenoxy) is 1. The van der Waals surface area contributed by atoms with E-state index in [2.05, 4.69) is 40.5 Å². The topological polar surface area (TPSA) is 61.9 Å². The number of amides is 2. The normalized spacial score (nSPS) is 16.6. The number of halogens is 1. The molecule has 7 heteroatoms. The summed E-state index contributed by atoms with van der Waals surface area (Å²) in [7, 11) is 0. The number of hydrogen-bond acceptors (Lipinski definition) is 4. The Labute approximate surface area is 207 Å². The first-order valence-corrected chi connectivity index (χ1v) is 12.7. The average molecular weight is 484 g/mol. The van der Waals surface area contributed by atoms with Gasteiger partial charge in [0.15, 0.2) is 0 Å². The molecule has 6 nitrogen and oxygen atoms in total. The van der Waals surface area contributed by atoms with Gasteiger partial charge >= 0.3 is 0 Å². The molecule has 0 aliphatic carbocycles. The van der Waals surface area contributed by atoms with Crippen molar-refractivity contribution in [3.05, 3.63) is 59.1 Å². The average Bonchev–Trinajstić information content (AvgIpc) is 2.86. The number of benzene rings is 2. The smallest absolute Gasteiger partial charge is 0.227 e.